The maximum Gasteiger partial charge on any atom is 0.213 e. The number of aliphatic hydroxyl groups excluding tert-OH is 1. The van der Waals surface area contributed by atoms with Gasteiger partial charge in [-0.1, -0.05) is 12.1 Å². The minimum Gasteiger partial charge on any atom is -0.392 e. The van der Waals surface area contributed by atoms with Crippen molar-refractivity contribution in [2.45, 2.75) is 26.0 Å². The van der Waals surface area contributed by atoms with Gasteiger partial charge in [0.2, 0.25) is 6.39 Å². The second kappa shape index (κ2) is 4.84. The van der Waals surface area contributed by atoms with Crippen molar-refractivity contribution in [3.63, 3.8) is 0 Å². The molecule has 12 heavy (non-hydrogen) atoms. The summed E-state index contributed by atoms with van der Waals surface area (Å²) in [6.07, 6.45) is 1.74. The average Bonchev–Trinajstić information content (AvgIpc) is 2.57. The molecular weight excluding hydrogens is 158 g/mol. The molecule has 1 heterocycles. The van der Waals surface area contributed by atoms with Gasteiger partial charge in [-0.15, -0.1) is 0 Å². The van der Waals surface area contributed by atoms with Crippen molar-refractivity contribution >= 4 is 0 Å². The van der Waals surface area contributed by atoms with E-state index < -0.39 is 0 Å². The molecule has 2 N–H and O–H groups in total. The van der Waals surface area contributed by atoms with E-state index in [9.17, 15) is 0 Å². The quantitative estimate of drug-likeness (QED) is 0.649. The van der Waals surface area contributed by atoms with Crippen LogP contribution in [-0.4, -0.2) is 27.9 Å². The van der Waals surface area contributed by atoms with Gasteiger partial charge < -0.3 is 14.9 Å². The van der Waals surface area contributed by atoms with Crippen LogP contribution in [0.3, 0.4) is 0 Å². The third-order valence-corrected chi connectivity index (χ3v) is 1.54. The first-order chi connectivity index (χ1) is 5.83. The lowest BCUT2D eigenvalue weighted by Gasteiger charge is -2.06. The Bertz CT molecular complexity index is 200. The van der Waals surface area contributed by atoms with Crippen molar-refractivity contribution in [2.24, 2.45) is 0 Å². The summed E-state index contributed by atoms with van der Waals surface area (Å²) in [5.74, 6) is 0.610. The highest BCUT2D eigenvalue weighted by Crippen LogP contribution is 1.89. The highest BCUT2D eigenvalue weighted by Gasteiger charge is 2.01. The molecule has 68 valence electrons. The molecule has 0 fully saturated rings. The molecule has 0 aromatic carbocycles. The summed E-state index contributed by atoms with van der Waals surface area (Å²) >= 11 is 0. The summed E-state index contributed by atoms with van der Waals surface area (Å²) in [6, 6.07) is 0. The first-order valence-electron chi connectivity index (χ1n) is 3.97. The van der Waals surface area contributed by atoms with Crippen LogP contribution in [-0.2, 0) is 6.54 Å². The van der Waals surface area contributed by atoms with E-state index in [1.165, 1.54) is 6.39 Å². The Kier molecular flexibility index (Phi) is 3.69. The van der Waals surface area contributed by atoms with Gasteiger partial charge in [-0.25, -0.2) is 0 Å². The number of hydrogen-bond donors (Lipinski definition) is 2. The molecule has 0 aliphatic heterocycles. The lowest BCUT2D eigenvalue weighted by molar-refractivity contribution is 0.166. The zero-order valence-corrected chi connectivity index (χ0v) is 7.03. The van der Waals surface area contributed by atoms with Gasteiger partial charge in [-0.3, -0.25) is 0 Å². The Labute approximate surface area is 70.8 Å². The fourth-order valence-electron chi connectivity index (χ4n) is 0.765. The molecule has 0 saturated carbocycles. The van der Waals surface area contributed by atoms with Crippen LogP contribution in [0.25, 0.3) is 0 Å². The molecule has 0 aliphatic carbocycles. The lowest BCUT2D eigenvalue weighted by atomic mass is 10.3. The van der Waals surface area contributed by atoms with Crippen molar-refractivity contribution in [1.29, 1.82) is 0 Å². The zero-order chi connectivity index (χ0) is 8.81. The van der Waals surface area contributed by atoms with Gasteiger partial charge in [0, 0.05) is 6.54 Å². The Morgan fingerprint density at radius 2 is 2.58 bits per heavy atom. The van der Waals surface area contributed by atoms with Gasteiger partial charge in [0.1, 0.15) is 0 Å². The summed E-state index contributed by atoms with van der Waals surface area (Å²) in [7, 11) is 0. The molecule has 1 aromatic rings. The number of aromatic nitrogens is 2. The summed E-state index contributed by atoms with van der Waals surface area (Å²) in [4.78, 5) is 3.82. The van der Waals surface area contributed by atoms with Gasteiger partial charge in [0.05, 0.1) is 12.6 Å². The van der Waals surface area contributed by atoms with Crippen LogP contribution in [0.15, 0.2) is 10.9 Å². The van der Waals surface area contributed by atoms with E-state index in [2.05, 4.69) is 20.0 Å². The van der Waals surface area contributed by atoms with E-state index >= 15 is 0 Å². The minimum absolute atomic E-state index is 0.295. The van der Waals surface area contributed by atoms with Gasteiger partial charge >= 0.3 is 0 Å². The van der Waals surface area contributed by atoms with Crippen LogP contribution in [0, 0.1) is 0 Å². The van der Waals surface area contributed by atoms with Gasteiger partial charge in [-0.2, -0.15) is 4.98 Å². The van der Waals surface area contributed by atoms with Crippen molar-refractivity contribution in [1.82, 2.24) is 15.5 Å². The number of nitrogens with zero attached hydrogens (tertiary/aromatic N) is 2. The monoisotopic (exact) mass is 171 g/mol. The lowest BCUT2D eigenvalue weighted by Crippen LogP contribution is -2.26. The fraction of sp³-hybridized carbons (Fsp3) is 0.714. The van der Waals surface area contributed by atoms with E-state index in [1.807, 2.05) is 6.92 Å². The predicted molar refractivity (Wildman–Crippen MR) is 42.3 cm³/mol. The SMILES string of the molecule is CCC(O)CNCc1ncon1. The molecule has 1 aromatic heterocycles. The fourth-order valence-corrected chi connectivity index (χ4v) is 0.765. The molecule has 0 saturated heterocycles. The highest BCUT2D eigenvalue weighted by atomic mass is 16.5. The maximum absolute atomic E-state index is 9.16. The van der Waals surface area contributed by atoms with Crippen molar-refractivity contribution < 1.29 is 9.63 Å². The smallest absolute Gasteiger partial charge is 0.213 e. The molecule has 1 rings (SSSR count). The second-order valence-corrected chi connectivity index (χ2v) is 2.54. The summed E-state index contributed by atoms with van der Waals surface area (Å²) in [5, 5.41) is 15.8. The number of rotatable bonds is 5. The molecule has 5 nitrogen and oxygen atoms in total. The Balaban J connectivity index is 2.11. The van der Waals surface area contributed by atoms with E-state index in [-0.39, 0.29) is 6.10 Å². The Morgan fingerprint density at radius 3 is 3.17 bits per heavy atom. The second-order valence-electron chi connectivity index (χ2n) is 2.54. The summed E-state index contributed by atoms with van der Waals surface area (Å²) in [6.45, 7) is 3.03. The Hall–Kier alpha value is -0.940. The number of aliphatic hydroxyl groups is 1. The third-order valence-electron chi connectivity index (χ3n) is 1.54. The largest absolute Gasteiger partial charge is 0.392 e. The molecule has 0 radical (unpaired) electrons. The molecule has 1 unspecified atom stereocenters. The first kappa shape index (κ1) is 9.15. The van der Waals surface area contributed by atoms with Crippen LogP contribution < -0.4 is 5.32 Å². The van der Waals surface area contributed by atoms with E-state index in [0.717, 1.165) is 6.42 Å². The molecule has 5 heteroatoms. The maximum atomic E-state index is 9.16. The average molecular weight is 171 g/mol. The van der Waals surface area contributed by atoms with Crippen molar-refractivity contribution in [3.8, 4) is 0 Å². The molecule has 0 aliphatic rings. The first-order valence-corrected chi connectivity index (χ1v) is 3.97. The van der Waals surface area contributed by atoms with Crippen LogP contribution in [0.5, 0.6) is 0 Å². The highest BCUT2D eigenvalue weighted by molar-refractivity contribution is 4.76. The number of nitrogens with one attached hydrogen (secondary N) is 1. The zero-order valence-electron chi connectivity index (χ0n) is 7.03. The van der Waals surface area contributed by atoms with E-state index in [4.69, 9.17) is 5.11 Å². The standard InChI is InChI=1S/C7H13N3O2/c1-2-6(11)3-8-4-7-9-5-12-10-7/h5-6,8,11H,2-4H2,1H3. The van der Waals surface area contributed by atoms with Crippen LogP contribution in [0.2, 0.25) is 0 Å². The molecular formula is C7H13N3O2. The molecule has 0 bridgehead atoms. The van der Waals surface area contributed by atoms with Gasteiger partial charge in [0.15, 0.2) is 5.82 Å². The normalized spacial score (nSPS) is 13.2. The summed E-state index contributed by atoms with van der Waals surface area (Å²) < 4.78 is 4.53. The Morgan fingerprint density at radius 1 is 1.75 bits per heavy atom. The molecule has 1 atom stereocenters. The molecule has 0 amide bonds. The van der Waals surface area contributed by atoms with Crippen LogP contribution in [0.1, 0.15) is 19.2 Å². The minimum atomic E-state index is -0.295. The third kappa shape index (κ3) is 2.98. The van der Waals surface area contributed by atoms with Crippen LogP contribution in [0.4, 0.5) is 0 Å². The van der Waals surface area contributed by atoms with E-state index in [1.54, 1.807) is 0 Å². The molecule has 0 spiro atoms. The topological polar surface area (TPSA) is 71.2 Å². The summed E-state index contributed by atoms with van der Waals surface area (Å²) in [5.41, 5.74) is 0. The van der Waals surface area contributed by atoms with E-state index in [0.29, 0.717) is 18.9 Å². The van der Waals surface area contributed by atoms with Gasteiger partial charge in [-0.05, 0) is 6.42 Å². The van der Waals surface area contributed by atoms with Gasteiger partial charge in [0.25, 0.3) is 0 Å². The van der Waals surface area contributed by atoms with Crippen LogP contribution >= 0.6 is 0 Å². The van der Waals surface area contributed by atoms with Crippen molar-refractivity contribution in [2.75, 3.05) is 6.54 Å². The predicted octanol–water partition coefficient (Wildman–Crippen LogP) is -0.0699. The van der Waals surface area contributed by atoms with Crippen molar-refractivity contribution in [3.05, 3.63) is 12.2 Å². The number of hydrogen-bond acceptors (Lipinski definition) is 5.